The number of hydrogen-bond acceptors (Lipinski definition) is 4. The summed E-state index contributed by atoms with van der Waals surface area (Å²) in [5.74, 6) is 2.16. The van der Waals surface area contributed by atoms with E-state index in [9.17, 15) is 0 Å². The number of aromatic nitrogens is 4. The molecule has 5 nitrogen and oxygen atoms in total. The Balaban J connectivity index is 1.94. The smallest absolute Gasteiger partial charge is 0.223 e. The van der Waals surface area contributed by atoms with Gasteiger partial charge in [0.1, 0.15) is 5.82 Å². The lowest BCUT2D eigenvalue weighted by Gasteiger charge is -2.09. The number of aryl methyl sites for hydroxylation is 3. The van der Waals surface area contributed by atoms with Gasteiger partial charge in [0.15, 0.2) is 5.82 Å². The summed E-state index contributed by atoms with van der Waals surface area (Å²) < 4.78 is 7.11. The molecule has 2 aromatic heterocycles. The van der Waals surface area contributed by atoms with E-state index in [-0.39, 0.29) is 5.38 Å². The number of hydrogen-bond donors (Lipinski definition) is 0. The zero-order valence-corrected chi connectivity index (χ0v) is 12.1. The Morgan fingerprint density at radius 1 is 1.30 bits per heavy atom. The number of benzene rings is 1. The van der Waals surface area contributed by atoms with Gasteiger partial charge >= 0.3 is 0 Å². The van der Waals surface area contributed by atoms with Crippen LogP contribution >= 0.6 is 11.6 Å². The molecule has 0 fully saturated rings. The first-order valence-electron chi connectivity index (χ1n) is 6.53. The first kappa shape index (κ1) is 13.1. The summed E-state index contributed by atoms with van der Waals surface area (Å²) in [6, 6.07) is 8.02. The molecule has 2 heterocycles. The van der Waals surface area contributed by atoms with Crippen molar-refractivity contribution in [2.45, 2.75) is 32.2 Å². The Hall–Kier alpha value is -1.88. The molecule has 0 aliphatic carbocycles. The highest BCUT2D eigenvalue weighted by atomic mass is 35.5. The van der Waals surface area contributed by atoms with Gasteiger partial charge in [0.25, 0.3) is 0 Å². The molecule has 3 rings (SSSR count). The summed E-state index contributed by atoms with van der Waals surface area (Å²) in [5.41, 5.74) is 2.04. The Morgan fingerprint density at radius 3 is 2.80 bits per heavy atom. The van der Waals surface area contributed by atoms with Crippen molar-refractivity contribution in [3.8, 4) is 0 Å². The maximum Gasteiger partial charge on any atom is 0.223 e. The van der Waals surface area contributed by atoms with Gasteiger partial charge in [0, 0.05) is 19.9 Å². The van der Waals surface area contributed by atoms with Gasteiger partial charge in [-0.1, -0.05) is 17.3 Å². The van der Waals surface area contributed by atoms with E-state index in [0.717, 1.165) is 23.4 Å². The van der Waals surface area contributed by atoms with E-state index in [0.29, 0.717) is 18.1 Å². The molecule has 0 radical (unpaired) electrons. The first-order valence-corrected chi connectivity index (χ1v) is 6.97. The molecule has 1 aromatic carbocycles. The van der Waals surface area contributed by atoms with Crippen molar-refractivity contribution in [1.82, 2.24) is 19.7 Å². The van der Waals surface area contributed by atoms with Gasteiger partial charge < -0.3 is 9.09 Å². The van der Waals surface area contributed by atoms with E-state index in [2.05, 4.69) is 19.7 Å². The maximum atomic E-state index is 6.23. The minimum Gasteiger partial charge on any atom is -0.340 e. The fourth-order valence-electron chi connectivity index (χ4n) is 2.29. The van der Waals surface area contributed by atoms with Crippen LogP contribution in [0.3, 0.4) is 0 Å². The Labute approximate surface area is 121 Å². The molecular weight excluding hydrogens is 276 g/mol. The van der Waals surface area contributed by atoms with Gasteiger partial charge in [-0.2, -0.15) is 4.98 Å². The molecular formula is C14H15ClN4O. The molecule has 0 bridgehead atoms. The topological polar surface area (TPSA) is 56.7 Å². The van der Waals surface area contributed by atoms with E-state index >= 15 is 0 Å². The average Bonchev–Trinajstić information content (AvgIpc) is 3.00. The lowest BCUT2D eigenvalue weighted by molar-refractivity contribution is 0.386. The number of halogens is 1. The highest BCUT2D eigenvalue weighted by Crippen LogP contribution is 2.24. The van der Waals surface area contributed by atoms with Gasteiger partial charge in [-0.05, 0) is 19.1 Å². The monoisotopic (exact) mass is 290 g/mol. The van der Waals surface area contributed by atoms with Crippen molar-refractivity contribution in [1.29, 1.82) is 0 Å². The number of imidazole rings is 1. The molecule has 0 saturated heterocycles. The van der Waals surface area contributed by atoms with Crippen molar-refractivity contribution in [2.75, 3.05) is 0 Å². The summed E-state index contributed by atoms with van der Waals surface area (Å²) in [4.78, 5) is 8.82. The van der Waals surface area contributed by atoms with Gasteiger partial charge in [-0.15, -0.1) is 11.6 Å². The third kappa shape index (κ3) is 2.41. The van der Waals surface area contributed by atoms with Crippen molar-refractivity contribution in [3.05, 3.63) is 41.8 Å². The molecule has 0 N–H and O–H groups in total. The largest absolute Gasteiger partial charge is 0.340 e. The van der Waals surface area contributed by atoms with Crippen LogP contribution < -0.4 is 0 Å². The van der Waals surface area contributed by atoms with Crippen molar-refractivity contribution < 1.29 is 4.52 Å². The van der Waals surface area contributed by atoms with Crippen LogP contribution in [0.2, 0.25) is 0 Å². The number of nitrogens with zero attached hydrogens (tertiary/aromatic N) is 4. The molecule has 20 heavy (non-hydrogen) atoms. The second-order valence-corrected chi connectivity index (χ2v) is 5.36. The predicted molar refractivity (Wildman–Crippen MR) is 76.7 cm³/mol. The number of fused-ring (bicyclic) bond motifs is 1. The molecule has 3 aromatic rings. The predicted octanol–water partition coefficient (Wildman–Crippen LogP) is 3.27. The lowest BCUT2D eigenvalue weighted by atomic mass is 10.3. The SMILES string of the molecule is Cc1nc(CCn2c(C(C)Cl)nc3ccccc32)no1. The Morgan fingerprint density at radius 2 is 2.10 bits per heavy atom. The number of alkyl halides is 1. The summed E-state index contributed by atoms with van der Waals surface area (Å²) in [6.45, 7) is 4.44. The highest BCUT2D eigenvalue weighted by Gasteiger charge is 2.15. The van der Waals surface area contributed by atoms with Crippen LogP contribution in [0.4, 0.5) is 0 Å². The molecule has 0 aliphatic rings. The van der Waals surface area contributed by atoms with Gasteiger partial charge in [0.2, 0.25) is 5.89 Å². The van der Waals surface area contributed by atoms with Crippen LogP contribution in [0.5, 0.6) is 0 Å². The Kier molecular flexibility index (Phi) is 3.44. The van der Waals surface area contributed by atoms with E-state index in [1.165, 1.54) is 0 Å². The number of rotatable bonds is 4. The first-order chi connectivity index (χ1) is 9.65. The highest BCUT2D eigenvalue weighted by molar-refractivity contribution is 6.20. The normalized spacial score (nSPS) is 12.9. The summed E-state index contributed by atoms with van der Waals surface area (Å²) >= 11 is 6.23. The van der Waals surface area contributed by atoms with E-state index < -0.39 is 0 Å². The van der Waals surface area contributed by atoms with Crippen LogP contribution in [0.1, 0.15) is 29.8 Å². The number of para-hydroxylation sites is 2. The maximum absolute atomic E-state index is 6.23. The second kappa shape index (κ2) is 5.25. The molecule has 104 valence electrons. The van der Waals surface area contributed by atoms with Crippen molar-refractivity contribution >= 4 is 22.6 Å². The van der Waals surface area contributed by atoms with E-state index in [1.807, 2.05) is 31.2 Å². The van der Waals surface area contributed by atoms with Gasteiger partial charge in [0.05, 0.1) is 16.4 Å². The minimum absolute atomic E-state index is 0.144. The zero-order valence-electron chi connectivity index (χ0n) is 11.4. The van der Waals surface area contributed by atoms with E-state index in [4.69, 9.17) is 16.1 Å². The van der Waals surface area contributed by atoms with Crippen LogP contribution in [0.15, 0.2) is 28.8 Å². The van der Waals surface area contributed by atoms with Crippen LogP contribution in [-0.4, -0.2) is 19.7 Å². The fraction of sp³-hybridized carbons (Fsp3) is 0.357. The lowest BCUT2D eigenvalue weighted by Crippen LogP contribution is -2.07. The van der Waals surface area contributed by atoms with Crippen LogP contribution in [0.25, 0.3) is 11.0 Å². The molecule has 6 heteroatoms. The molecule has 1 unspecified atom stereocenters. The minimum atomic E-state index is -0.144. The van der Waals surface area contributed by atoms with Crippen molar-refractivity contribution in [3.63, 3.8) is 0 Å². The van der Waals surface area contributed by atoms with Crippen LogP contribution in [-0.2, 0) is 13.0 Å². The van der Waals surface area contributed by atoms with Crippen LogP contribution in [0, 0.1) is 6.92 Å². The molecule has 0 saturated carbocycles. The summed E-state index contributed by atoms with van der Waals surface area (Å²) in [7, 11) is 0. The fourth-order valence-corrected chi connectivity index (χ4v) is 2.45. The molecule has 0 aliphatic heterocycles. The third-order valence-corrected chi connectivity index (χ3v) is 3.36. The molecule has 0 amide bonds. The van der Waals surface area contributed by atoms with Gasteiger partial charge in [-0.3, -0.25) is 0 Å². The van der Waals surface area contributed by atoms with E-state index in [1.54, 1.807) is 6.92 Å². The molecule has 1 atom stereocenters. The third-order valence-electron chi connectivity index (χ3n) is 3.17. The quantitative estimate of drug-likeness (QED) is 0.692. The van der Waals surface area contributed by atoms with Gasteiger partial charge in [-0.25, -0.2) is 4.98 Å². The average molecular weight is 291 g/mol. The second-order valence-electron chi connectivity index (χ2n) is 4.71. The Bertz CT molecular complexity index is 732. The standard InChI is InChI=1S/C14H15ClN4O/c1-9(15)14-17-11-5-3-4-6-12(11)19(14)8-7-13-16-10(2)20-18-13/h3-6,9H,7-8H2,1-2H3. The zero-order chi connectivity index (χ0) is 14.1. The summed E-state index contributed by atoms with van der Waals surface area (Å²) in [6.07, 6.45) is 0.689. The van der Waals surface area contributed by atoms with Crippen molar-refractivity contribution in [2.24, 2.45) is 0 Å². The molecule has 0 spiro atoms. The summed E-state index contributed by atoms with van der Waals surface area (Å²) in [5, 5.41) is 3.77.